The molecule has 0 saturated heterocycles. The number of carboxylic acid groups (broad SMARTS) is 2. The van der Waals surface area contributed by atoms with E-state index >= 15 is 0 Å². The summed E-state index contributed by atoms with van der Waals surface area (Å²) < 4.78 is 0. The van der Waals surface area contributed by atoms with Crippen molar-refractivity contribution < 1.29 is 78.9 Å². The van der Waals surface area contributed by atoms with Gasteiger partial charge in [0.25, 0.3) is 0 Å². The number of hydrogen-bond donors (Lipinski definition) is 0. The molecule has 1 aromatic rings. The van der Waals surface area contributed by atoms with Crippen LogP contribution in [0, 0.1) is 0 Å². The van der Waals surface area contributed by atoms with Crippen LogP contribution in [0.5, 0.6) is 0 Å². The SMILES string of the molecule is CCc1ccc(C(=O)[O-])c(C(=O)[O-])c1C(C)C.[Na+].[Na+]. The van der Waals surface area contributed by atoms with Gasteiger partial charge in [-0.25, -0.2) is 0 Å². The van der Waals surface area contributed by atoms with Crippen molar-refractivity contribution >= 4 is 11.9 Å². The molecule has 0 N–H and O–H groups in total. The summed E-state index contributed by atoms with van der Waals surface area (Å²) in [5, 5.41) is 22.0. The minimum Gasteiger partial charge on any atom is -0.545 e. The van der Waals surface area contributed by atoms with Gasteiger partial charge < -0.3 is 19.8 Å². The van der Waals surface area contributed by atoms with Gasteiger partial charge in [0.15, 0.2) is 0 Å². The molecule has 0 spiro atoms. The summed E-state index contributed by atoms with van der Waals surface area (Å²) in [5.41, 5.74) is 0.781. The number of aromatic carboxylic acids is 2. The predicted octanol–water partition coefficient (Wildman–Crippen LogP) is -5.89. The fourth-order valence-corrected chi connectivity index (χ4v) is 2.02. The second-order valence-electron chi connectivity index (χ2n) is 4.14. The second kappa shape index (κ2) is 9.16. The molecule has 19 heavy (non-hydrogen) atoms. The number of carbonyl (C=O) groups excluding carboxylic acids is 2. The fourth-order valence-electron chi connectivity index (χ4n) is 2.02. The van der Waals surface area contributed by atoms with Gasteiger partial charge in [-0.3, -0.25) is 0 Å². The van der Waals surface area contributed by atoms with E-state index in [4.69, 9.17) is 0 Å². The van der Waals surface area contributed by atoms with E-state index in [-0.39, 0.29) is 76.2 Å². The van der Waals surface area contributed by atoms with E-state index < -0.39 is 11.9 Å². The first kappa shape index (κ1) is 21.5. The maximum absolute atomic E-state index is 11.1. The van der Waals surface area contributed by atoms with Gasteiger partial charge in [0, 0.05) is 11.1 Å². The Kier molecular flexibility index (Phi) is 10.3. The Morgan fingerprint density at radius 3 is 1.95 bits per heavy atom. The molecule has 0 aromatic heterocycles. The van der Waals surface area contributed by atoms with Crippen LogP contribution >= 0.6 is 0 Å². The third kappa shape index (κ3) is 4.88. The number of carboxylic acids is 2. The number of carbonyl (C=O) groups is 2. The Balaban J connectivity index is 0. The quantitative estimate of drug-likeness (QED) is 0.514. The van der Waals surface area contributed by atoms with Gasteiger partial charge in [-0.1, -0.05) is 32.9 Å². The van der Waals surface area contributed by atoms with Crippen LogP contribution < -0.4 is 69.3 Å². The van der Waals surface area contributed by atoms with Crippen LogP contribution in [0.15, 0.2) is 12.1 Å². The van der Waals surface area contributed by atoms with Crippen molar-refractivity contribution in [2.75, 3.05) is 0 Å². The van der Waals surface area contributed by atoms with Crippen molar-refractivity contribution in [1.82, 2.24) is 0 Å². The molecule has 92 valence electrons. The monoisotopic (exact) mass is 280 g/mol. The molecule has 0 radical (unpaired) electrons. The minimum atomic E-state index is -1.49. The maximum Gasteiger partial charge on any atom is 1.00 e. The molecule has 1 aromatic carbocycles. The summed E-state index contributed by atoms with van der Waals surface area (Å²) in [6, 6.07) is 2.90. The van der Waals surface area contributed by atoms with Gasteiger partial charge in [-0.2, -0.15) is 0 Å². The zero-order chi connectivity index (χ0) is 13.2. The topological polar surface area (TPSA) is 80.3 Å². The summed E-state index contributed by atoms with van der Waals surface area (Å²) >= 11 is 0. The molecule has 0 heterocycles. The summed E-state index contributed by atoms with van der Waals surface area (Å²) in [6.45, 7) is 5.53. The first-order chi connectivity index (χ1) is 7.90. The molecular formula is C13H14Na2O4. The second-order valence-corrected chi connectivity index (χ2v) is 4.14. The van der Waals surface area contributed by atoms with Crippen molar-refractivity contribution in [2.45, 2.75) is 33.1 Å². The van der Waals surface area contributed by atoms with Crippen LogP contribution in [0.3, 0.4) is 0 Å². The standard InChI is InChI=1S/C13H16O4.2Na/c1-4-8-5-6-9(12(14)15)11(13(16)17)10(8)7(2)3;;/h5-7H,4H2,1-3H3,(H,14,15)(H,16,17);;/q;2*+1/p-2. The molecule has 0 saturated carbocycles. The van der Waals surface area contributed by atoms with Crippen molar-refractivity contribution in [1.29, 1.82) is 0 Å². The molecule has 0 aliphatic rings. The molecule has 0 atom stereocenters. The van der Waals surface area contributed by atoms with Crippen LogP contribution in [0.2, 0.25) is 0 Å². The number of hydrogen-bond acceptors (Lipinski definition) is 4. The first-order valence-electron chi connectivity index (χ1n) is 5.48. The maximum atomic E-state index is 11.1. The van der Waals surface area contributed by atoms with Gasteiger partial charge >= 0.3 is 59.1 Å². The van der Waals surface area contributed by atoms with E-state index in [0.29, 0.717) is 12.0 Å². The van der Waals surface area contributed by atoms with E-state index in [1.54, 1.807) is 6.07 Å². The zero-order valence-electron chi connectivity index (χ0n) is 12.1. The van der Waals surface area contributed by atoms with Gasteiger partial charge in [0.05, 0.1) is 11.9 Å². The van der Waals surface area contributed by atoms with Gasteiger partial charge in [-0.05, 0) is 23.5 Å². The van der Waals surface area contributed by atoms with E-state index in [1.165, 1.54) is 6.07 Å². The molecule has 0 fully saturated rings. The molecule has 0 aliphatic heterocycles. The Bertz CT molecular complexity index is 470. The number of aryl methyl sites for hydroxylation is 1. The predicted molar refractivity (Wildman–Crippen MR) is 58.6 cm³/mol. The number of benzene rings is 1. The Labute approximate surface area is 157 Å². The molecule has 0 aliphatic carbocycles. The molecule has 0 bridgehead atoms. The molecule has 0 unspecified atom stereocenters. The van der Waals surface area contributed by atoms with Gasteiger partial charge in [0.2, 0.25) is 0 Å². The van der Waals surface area contributed by atoms with Crippen LogP contribution in [-0.4, -0.2) is 11.9 Å². The van der Waals surface area contributed by atoms with Crippen LogP contribution in [0.25, 0.3) is 0 Å². The van der Waals surface area contributed by atoms with Crippen LogP contribution in [0.4, 0.5) is 0 Å². The van der Waals surface area contributed by atoms with Crippen molar-refractivity contribution in [3.05, 3.63) is 34.4 Å². The first-order valence-corrected chi connectivity index (χ1v) is 5.48. The van der Waals surface area contributed by atoms with Crippen molar-refractivity contribution in [3.63, 3.8) is 0 Å². The van der Waals surface area contributed by atoms with Crippen LogP contribution in [0.1, 0.15) is 58.5 Å². The third-order valence-corrected chi connectivity index (χ3v) is 2.72. The van der Waals surface area contributed by atoms with Crippen LogP contribution in [-0.2, 0) is 6.42 Å². The molecular weight excluding hydrogens is 266 g/mol. The summed E-state index contributed by atoms with van der Waals surface area (Å²) in [7, 11) is 0. The Morgan fingerprint density at radius 2 is 1.63 bits per heavy atom. The Hall–Kier alpha value is 0.160. The fraction of sp³-hybridized carbons (Fsp3) is 0.385. The average molecular weight is 280 g/mol. The minimum absolute atomic E-state index is 0. The van der Waals surface area contributed by atoms with Crippen molar-refractivity contribution in [3.8, 4) is 0 Å². The van der Waals surface area contributed by atoms with E-state index in [2.05, 4.69) is 0 Å². The molecule has 6 heteroatoms. The largest absolute Gasteiger partial charge is 1.00 e. The average Bonchev–Trinajstić information content (AvgIpc) is 2.26. The van der Waals surface area contributed by atoms with Crippen molar-refractivity contribution in [2.24, 2.45) is 0 Å². The number of rotatable bonds is 4. The third-order valence-electron chi connectivity index (χ3n) is 2.72. The molecule has 4 nitrogen and oxygen atoms in total. The summed E-state index contributed by atoms with van der Waals surface area (Å²) in [4.78, 5) is 22.0. The van der Waals surface area contributed by atoms with E-state index in [0.717, 1.165) is 5.56 Å². The van der Waals surface area contributed by atoms with E-state index in [9.17, 15) is 19.8 Å². The van der Waals surface area contributed by atoms with E-state index in [1.807, 2.05) is 20.8 Å². The zero-order valence-corrected chi connectivity index (χ0v) is 16.1. The smallest absolute Gasteiger partial charge is 0.545 e. The summed E-state index contributed by atoms with van der Waals surface area (Å²) in [5.74, 6) is -3.05. The summed E-state index contributed by atoms with van der Waals surface area (Å²) in [6.07, 6.45) is 0.640. The van der Waals surface area contributed by atoms with Gasteiger partial charge in [-0.15, -0.1) is 0 Å². The van der Waals surface area contributed by atoms with Gasteiger partial charge in [0.1, 0.15) is 0 Å². The Morgan fingerprint density at radius 1 is 1.11 bits per heavy atom. The molecule has 0 amide bonds. The molecule has 1 rings (SSSR count). The normalized spacial score (nSPS) is 9.47.